The lowest BCUT2D eigenvalue weighted by molar-refractivity contribution is -0.136. The van der Waals surface area contributed by atoms with Crippen LogP contribution >= 0.6 is 0 Å². The number of nitrogens with zero attached hydrogens (tertiary/aromatic N) is 3. The predicted molar refractivity (Wildman–Crippen MR) is 110 cm³/mol. The monoisotopic (exact) mass is 367 g/mol. The largest absolute Gasteiger partial charge is 0.337 e. The Kier molecular flexibility index (Phi) is 6.35. The van der Waals surface area contributed by atoms with Crippen LogP contribution in [0.15, 0.2) is 30.3 Å². The number of hydrogen-bond donors (Lipinski definition) is 0. The number of carbonyl (C=O) groups is 1. The Bertz CT molecular complexity index is 754. The van der Waals surface area contributed by atoms with Gasteiger partial charge in [-0.05, 0) is 70.7 Å². The number of aryl methyl sites for hydroxylation is 3. The molecule has 1 aromatic carbocycles. The molecule has 146 valence electrons. The average molecular weight is 368 g/mol. The summed E-state index contributed by atoms with van der Waals surface area (Å²) in [5.74, 6) is 0.305. The Balaban J connectivity index is 1.61. The molecule has 1 aliphatic carbocycles. The maximum Gasteiger partial charge on any atom is 0.223 e. The first kappa shape index (κ1) is 19.7. The van der Waals surface area contributed by atoms with Crippen LogP contribution in [0.4, 0.5) is 0 Å². The minimum absolute atomic E-state index is 0.286. The van der Waals surface area contributed by atoms with Crippen LogP contribution in [0.1, 0.15) is 69.3 Å². The second-order valence-electron chi connectivity index (χ2n) is 8.19. The second-order valence-corrected chi connectivity index (χ2v) is 8.19. The third-order valence-corrected chi connectivity index (χ3v) is 5.63. The minimum Gasteiger partial charge on any atom is -0.337 e. The van der Waals surface area contributed by atoms with Crippen molar-refractivity contribution in [1.82, 2.24) is 14.7 Å². The molecule has 1 saturated carbocycles. The van der Waals surface area contributed by atoms with Crippen LogP contribution in [0.2, 0.25) is 0 Å². The molecular weight excluding hydrogens is 334 g/mol. The molecule has 0 aliphatic heterocycles. The molecule has 3 rings (SSSR count). The van der Waals surface area contributed by atoms with Gasteiger partial charge in [-0.15, -0.1) is 0 Å². The van der Waals surface area contributed by atoms with E-state index in [0.29, 0.717) is 18.4 Å². The third-order valence-electron chi connectivity index (χ3n) is 5.63. The summed E-state index contributed by atoms with van der Waals surface area (Å²) in [4.78, 5) is 15.1. The molecule has 1 aliphatic rings. The molecule has 4 nitrogen and oxygen atoms in total. The molecule has 0 spiro atoms. The first-order valence-corrected chi connectivity index (χ1v) is 10.4. The highest BCUT2D eigenvalue weighted by molar-refractivity contribution is 5.77. The van der Waals surface area contributed by atoms with Gasteiger partial charge in [0.05, 0.1) is 11.4 Å². The van der Waals surface area contributed by atoms with Gasteiger partial charge in [0.1, 0.15) is 0 Å². The van der Waals surface area contributed by atoms with Gasteiger partial charge < -0.3 is 4.90 Å². The summed E-state index contributed by atoms with van der Waals surface area (Å²) >= 11 is 0. The highest BCUT2D eigenvalue weighted by atomic mass is 16.2. The van der Waals surface area contributed by atoms with Crippen LogP contribution in [0.3, 0.4) is 0 Å². The van der Waals surface area contributed by atoms with Crippen molar-refractivity contribution in [3.05, 3.63) is 47.3 Å². The van der Waals surface area contributed by atoms with Gasteiger partial charge >= 0.3 is 0 Å². The summed E-state index contributed by atoms with van der Waals surface area (Å²) in [6.45, 7) is 8.38. The Morgan fingerprint density at radius 1 is 1.15 bits per heavy atom. The first-order chi connectivity index (χ1) is 13.0. The van der Waals surface area contributed by atoms with Gasteiger partial charge in [0.25, 0.3) is 0 Å². The zero-order valence-corrected chi connectivity index (χ0v) is 17.2. The lowest BCUT2D eigenvalue weighted by atomic mass is 9.93. The fourth-order valence-corrected chi connectivity index (χ4v) is 4.35. The van der Waals surface area contributed by atoms with Crippen LogP contribution < -0.4 is 0 Å². The fraction of sp³-hybridized carbons (Fsp3) is 0.565. The predicted octanol–water partition coefficient (Wildman–Crippen LogP) is 4.99. The van der Waals surface area contributed by atoms with Gasteiger partial charge in [-0.25, -0.2) is 4.68 Å². The van der Waals surface area contributed by atoms with Crippen LogP contribution in [-0.4, -0.2) is 32.7 Å². The summed E-state index contributed by atoms with van der Waals surface area (Å²) in [6, 6.07) is 11.3. The van der Waals surface area contributed by atoms with Gasteiger partial charge in [0.15, 0.2) is 0 Å². The van der Waals surface area contributed by atoms with Gasteiger partial charge in [0.2, 0.25) is 5.91 Å². The van der Waals surface area contributed by atoms with Crippen molar-refractivity contribution in [2.75, 3.05) is 0 Å². The molecule has 0 N–H and O–H groups in total. The SMILES string of the molecule is Cc1cc(C)n(-c2ccc(CCC(=O)N(C(C)C)C3CCCCC3)cc2)n1. The van der Waals surface area contributed by atoms with E-state index < -0.39 is 0 Å². The molecule has 27 heavy (non-hydrogen) atoms. The second kappa shape index (κ2) is 8.73. The summed E-state index contributed by atoms with van der Waals surface area (Å²) < 4.78 is 1.97. The van der Waals surface area contributed by atoms with Crippen molar-refractivity contribution in [2.45, 2.75) is 84.7 Å². The van der Waals surface area contributed by atoms with Crippen molar-refractivity contribution in [1.29, 1.82) is 0 Å². The van der Waals surface area contributed by atoms with Crippen LogP contribution in [-0.2, 0) is 11.2 Å². The highest BCUT2D eigenvalue weighted by Crippen LogP contribution is 2.25. The summed E-state index contributed by atoms with van der Waals surface area (Å²) in [6.07, 6.45) is 7.56. The number of aromatic nitrogens is 2. The fourth-order valence-electron chi connectivity index (χ4n) is 4.35. The van der Waals surface area contributed by atoms with E-state index in [2.05, 4.69) is 61.1 Å². The summed E-state index contributed by atoms with van der Waals surface area (Å²) in [5, 5.41) is 4.53. The number of amides is 1. The molecule has 1 amide bonds. The van der Waals surface area contributed by atoms with E-state index in [9.17, 15) is 4.79 Å². The molecule has 0 bridgehead atoms. The van der Waals surface area contributed by atoms with Crippen molar-refractivity contribution >= 4 is 5.91 Å². The van der Waals surface area contributed by atoms with Gasteiger partial charge in [0, 0.05) is 24.2 Å². The van der Waals surface area contributed by atoms with Gasteiger partial charge in [-0.2, -0.15) is 5.10 Å². The zero-order valence-electron chi connectivity index (χ0n) is 17.2. The van der Waals surface area contributed by atoms with Crippen LogP contribution in [0, 0.1) is 13.8 Å². The van der Waals surface area contributed by atoms with E-state index in [1.54, 1.807) is 0 Å². The van der Waals surface area contributed by atoms with Crippen LogP contribution in [0.25, 0.3) is 5.69 Å². The first-order valence-electron chi connectivity index (χ1n) is 10.4. The molecule has 4 heteroatoms. The molecule has 1 heterocycles. The Morgan fingerprint density at radius 2 is 1.81 bits per heavy atom. The number of benzene rings is 1. The summed E-state index contributed by atoms with van der Waals surface area (Å²) in [5.41, 5.74) is 4.44. The molecular formula is C23H33N3O. The Hall–Kier alpha value is -2.10. The Labute approximate surface area is 163 Å². The number of rotatable bonds is 6. The van der Waals surface area contributed by atoms with Crippen molar-refractivity contribution < 1.29 is 4.79 Å². The molecule has 0 unspecified atom stereocenters. The van der Waals surface area contributed by atoms with E-state index in [1.807, 2.05) is 11.6 Å². The third kappa shape index (κ3) is 4.79. The maximum atomic E-state index is 12.9. The van der Waals surface area contributed by atoms with Crippen molar-refractivity contribution in [3.8, 4) is 5.69 Å². The molecule has 2 aromatic rings. The van der Waals surface area contributed by atoms with E-state index in [0.717, 1.165) is 23.5 Å². The molecule has 0 radical (unpaired) electrons. The lowest BCUT2D eigenvalue weighted by Gasteiger charge is -2.37. The van der Waals surface area contributed by atoms with Gasteiger partial charge in [-0.1, -0.05) is 31.4 Å². The molecule has 1 aromatic heterocycles. The number of carbonyl (C=O) groups excluding carboxylic acids is 1. The standard InChI is InChI=1S/C23H33N3O/c1-17(2)25(21-8-6-5-7-9-21)23(27)15-12-20-10-13-22(14-11-20)26-19(4)16-18(3)24-26/h10-11,13-14,16-17,21H,5-9,12,15H2,1-4H3. The Morgan fingerprint density at radius 3 is 2.37 bits per heavy atom. The molecule has 0 saturated heterocycles. The molecule has 1 fully saturated rings. The average Bonchev–Trinajstić information content (AvgIpc) is 2.99. The maximum absolute atomic E-state index is 12.9. The van der Waals surface area contributed by atoms with E-state index in [-0.39, 0.29) is 6.04 Å². The summed E-state index contributed by atoms with van der Waals surface area (Å²) in [7, 11) is 0. The van der Waals surface area contributed by atoms with Crippen LogP contribution in [0.5, 0.6) is 0 Å². The number of hydrogen-bond acceptors (Lipinski definition) is 2. The molecule has 0 atom stereocenters. The minimum atomic E-state index is 0.286. The van der Waals surface area contributed by atoms with Gasteiger partial charge in [-0.3, -0.25) is 4.79 Å². The van der Waals surface area contributed by atoms with Crippen molar-refractivity contribution in [3.63, 3.8) is 0 Å². The normalized spacial score (nSPS) is 15.3. The zero-order chi connectivity index (χ0) is 19.4. The highest BCUT2D eigenvalue weighted by Gasteiger charge is 2.27. The van der Waals surface area contributed by atoms with E-state index >= 15 is 0 Å². The van der Waals surface area contributed by atoms with Crippen molar-refractivity contribution in [2.24, 2.45) is 0 Å². The topological polar surface area (TPSA) is 38.1 Å². The smallest absolute Gasteiger partial charge is 0.223 e. The quantitative estimate of drug-likeness (QED) is 0.721. The van der Waals surface area contributed by atoms with E-state index in [4.69, 9.17) is 0 Å². The lowest BCUT2D eigenvalue weighted by Crippen LogP contribution is -2.45. The van der Waals surface area contributed by atoms with E-state index in [1.165, 1.54) is 37.7 Å².